The van der Waals surface area contributed by atoms with E-state index in [0.29, 0.717) is 6.42 Å². The zero-order valence-corrected chi connectivity index (χ0v) is 9.54. The summed E-state index contributed by atoms with van der Waals surface area (Å²) in [6.45, 7) is 0.0836. The smallest absolute Gasteiger partial charge is 0.153 e. The summed E-state index contributed by atoms with van der Waals surface area (Å²) in [5.41, 5.74) is 7.26. The largest absolute Gasteiger partial charge is 0.324 e. The number of benzene rings is 1. The highest BCUT2D eigenvalue weighted by molar-refractivity contribution is 7.10. The first kappa shape index (κ1) is 11.0. The first-order valence-corrected chi connectivity index (χ1v) is 5.89. The van der Waals surface area contributed by atoms with Crippen molar-refractivity contribution in [1.82, 2.24) is 4.98 Å². The van der Waals surface area contributed by atoms with Gasteiger partial charge in [0.1, 0.15) is 5.01 Å². The molecule has 2 N–H and O–H groups in total. The van der Waals surface area contributed by atoms with E-state index in [1.165, 1.54) is 11.3 Å². The fourth-order valence-electron chi connectivity index (χ4n) is 1.37. The van der Waals surface area contributed by atoms with Crippen LogP contribution in [0.1, 0.15) is 5.01 Å². The maximum atomic E-state index is 11.2. The van der Waals surface area contributed by atoms with Crippen molar-refractivity contribution < 1.29 is 4.79 Å². The molecule has 16 heavy (non-hydrogen) atoms. The van der Waals surface area contributed by atoms with Crippen molar-refractivity contribution in [3.8, 4) is 11.3 Å². The van der Waals surface area contributed by atoms with E-state index in [1.807, 2.05) is 35.7 Å². The molecule has 1 aromatic carbocycles. The molecular weight excluding hydrogens is 220 g/mol. The number of hydrogen-bond donors (Lipinski definition) is 1. The van der Waals surface area contributed by atoms with Gasteiger partial charge < -0.3 is 5.73 Å². The van der Waals surface area contributed by atoms with E-state index < -0.39 is 0 Å². The van der Waals surface area contributed by atoms with Crippen LogP contribution in [-0.4, -0.2) is 17.3 Å². The van der Waals surface area contributed by atoms with Gasteiger partial charge in [-0.25, -0.2) is 4.98 Å². The molecule has 0 aliphatic heterocycles. The second-order valence-electron chi connectivity index (χ2n) is 3.41. The second kappa shape index (κ2) is 5.01. The van der Waals surface area contributed by atoms with Crippen molar-refractivity contribution in [3.63, 3.8) is 0 Å². The number of nitrogens with zero attached hydrogens (tertiary/aromatic N) is 1. The van der Waals surface area contributed by atoms with Crippen molar-refractivity contribution in [3.05, 3.63) is 40.7 Å². The van der Waals surface area contributed by atoms with Crippen LogP contribution in [0, 0.1) is 0 Å². The summed E-state index contributed by atoms with van der Waals surface area (Å²) in [6, 6.07) is 9.92. The molecule has 0 aliphatic carbocycles. The van der Waals surface area contributed by atoms with Crippen molar-refractivity contribution in [2.24, 2.45) is 5.73 Å². The summed E-state index contributed by atoms with van der Waals surface area (Å²) in [6.07, 6.45) is 0.341. The third-order valence-corrected chi connectivity index (χ3v) is 3.05. The minimum atomic E-state index is 0.0222. The van der Waals surface area contributed by atoms with Crippen molar-refractivity contribution in [2.75, 3.05) is 6.54 Å². The molecule has 1 heterocycles. The lowest BCUT2D eigenvalue weighted by Gasteiger charge is -1.94. The van der Waals surface area contributed by atoms with Crippen LogP contribution in [0.4, 0.5) is 0 Å². The van der Waals surface area contributed by atoms with Crippen LogP contribution in [0.2, 0.25) is 0 Å². The molecule has 0 amide bonds. The molecule has 0 radical (unpaired) electrons. The predicted molar refractivity (Wildman–Crippen MR) is 65.3 cm³/mol. The summed E-state index contributed by atoms with van der Waals surface area (Å²) in [5, 5.41) is 2.79. The van der Waals surface area contributed by atoms with E-state index in [1.54, 1.807) is 0 Å². The van der Waals surface area contributed by atoms with Gasteiger partial charge in [0, 0.05) is 10.9 Å². The second-order valence-corrected chi connectivity index (χ2v) is 4.35. The maximum absolute atomic E-state index is 11.2. The molecular formula is C12H12N2OS. The van der Waals surface area contributed by atoms with Crippen LogP contribution in [0.3, 0.4) is 0 Å². The standard InChI is InChI=1S/C12H12N2OS/c13-7-10(15)6-12-14-11(8-16-12)9-4-2-1-3-5-9/h1-5,8H,6-7,13H2. The Kier molecular flexibility index (Phi) is 3.44. The van der Waals surface area contributed by atoms with Gasteiger partial charge in [0.05, 0.1) is 18.7 Å². The van der Waals surface area contributed by atoms with Crippen LogP contribution in [0.25, 0.3) is 11.3 Å². The first-order chi connectivity index (χ1) is 7.79. The van der Waals surface area contributed by atoms with E-state index in [2.05, 4.69) is 4.98 Å². The molecule has 0 spiro atoms. The SMILES string of the molecule is NCC(=O)Cc1nc(-c2ccccc2)cs1. The lowest BCUT2D eigenvalue weighted by molar-refractivity contribution is -0.117. The van der Waals surface area contributed by atoms with Crippen LogP contribution in [0.5, 0.6) is 0 Å². The Hall–Kier alpha value is -1.52. The average Bonchev–Trinajstić information content (AvgIpc) is 2.78. The highest BCUT2D eigenvalue weighted by Gasteiger charge is 2.07. The van der Waals surface area contributed by atoms with Gasteiger partial charge in [-0.2, -0.15) is 0 Å². The Morgan fingerprint density at radius 1 is 1.31 bits per heavy atom. The van der Waals surface area contributed by atoms with Crippen LogP contribution >= 0.6 is 11.3 Å². The zero-order chi connectivity index (χ0) is 11.4. The Labute approximate surface area is 97.9 Å². The third-order valence-electron chi connectivity index (χ3n) is 2.20. The van der Waals surface area contributed by atoms with Crippen molar-refractivity contribution in [1.29, 1.82) is 0 Å². The maximum Gasteiger partial charge on any atom is 0.153 e. The number of carbonyl (C=O) groups is 1. The summed E-state index contributed by atoms with van der Waals surface area (Å²) >= 11 is 1.50. The number of ketones is 1. The third kappa shape index (κ3) is 2.53. The molecule has 3 nitrogen and oxygen atoms in total. The molecule has 0 saturated carbocycles. The van der Waals surface area contributed by atoms with Crippen molar-refractivity contribution >= 4 is 17.1 Å². The van der Waals surface area contributed by atoms with Crippen LogP contribution < -0.4 is 5.73 Å². The quantitative estimate of drug-likeness (QED) is 0.875. The molecule has 0 aliphatic rings. The van der Waals surface area contributed by atoms with Gasteiger partial charge in [-0.15, -0.1) is 11.3 Å². The van der Waals surface area contributed by atoms with Gasteiger partial charge in [-0.3, -0.25) is 4.79 Å². The molecule has 0 atom stereocenters. The van der Waals surface area contributed by atoms with E-state index in [0.717, 1.165) is 16.3 Å². The summed E-state index contributed by atoms with van der Waals surface area (Å²) in [5.74, 6) is 0.0222. The number of aromatic nitrogens is 1. The molecule has 0 saturated heterocycles. The molecule has 82 valence electrons. The van der Waals surface area contributed by atoms with Crippen LogP contribution in [0.15, 0.2) is 35.7 Å². The van der Waals surface area contributed by atoms with Gasteiger partial charge in [0.15, 0.2) is 5.78 Å². The molecule has 4 heteroatoms. The molecule has 0 unspecified atom stereocenters. The molecule has 0 fully saturated rings. The molecule has 2 rings (SSSR count). The lowest BCUT2D eigenvalue weighted by atomic mass is 10.2. The highest BCUT2D eigenvalue weighted by Crippen LogP contribution is 2.21. The number of rotatable bonds is 4. The average molecular weight is 232 g/mol. The summed E-state index contributed by atoms with van der Waals surface area (Å²) in [4.78, 5) is 15.6. The van der Waals surface area contributed by atoms with Gasteiger partial charge >= 0.3 is 0 Å². The number of hydrogen-bond acceptors (Lipinski definition) is 4. The highest BCUT2D eigenvalue weighted by atomic mass is 32.1. The fraction of sp³-hybridized carbons (Fsp3) is 0.167. The lowest BCUT2D eigenvalue weighted by Crippen LogP contribution is -2.15. The molecule has 0 bridgehead atoms. The van der Waals surface area contributed by atoms with E-state index in [4.69, 9.17) is 5.73 Å². The van der Waals surface area contributed by atoms with Gasteiger partial charge in [-0.05, 0) is 0 Å². The Balaban J connectivity index is 2.17. The summed E-state index contributed by atoms with van der Waals surface area (Å²) in [7, 11) is 0. The first-order valence-electron chi connectivity index (χ1n) is 5.01. The minimum Gasteiger partial charge on any atom is -0.324 e. The monoisotopic (exact) mass is 232 g/mol. The summed E-state index contributed by atoms with van der Waals surface area (Å²) < 4.78 is 0. The van der Waals surface area contributed by atoms with E-state index >= 15 is 0 Å². The molecule has 1 aromatic heterocycles. The normalized spacial score (nSPS) is 10.3. The fourth-order valence-corrected chi connectivity index (χ4v) is 2.21. The number of Topliss-reactive ketones (excluding diaryl/α,β-unsaturated/α-hetero) is 1. The zero-order valence-electron chi connectivity index (χ0n) is 8.72. The van der Waals surface area contributed by atoms with Crippen LogP contribution in [-0.2, 0) is 11.2 Å². The van der Waals surface area contributed by atoms with Gasteiger partial charge in [0.25, 0.3) is 0 Å². The predicted octanol–water partition coefficient (Wildman–Crippen LogP) is 1.88. The van der Waals surface area contributed by atoms with E-state index in [-0.39, 0.29) is 12.3 Å². The van der Waals surface area contributed by atoms with Crippen molar-refractivity contribution in [2.45, 2.75) is 6.42 Å². The van der Waals surface area contributed by atoms with Gasteiger partial charge in [0.2, 0.25) is 0 Å². The topological polar surface area (TPSA) is 56.0 Å². The number of thiazole rings is 1. The Morgan fingerprint density at radius 3 is 2.75 bits per heavy atom. The Bertz CT molecular complexity index is 479. The minimum absolute atomic E-state index is 0.0222. The molecule has 2 aromatic rings. The van der Waals surface area contributed by atoms with E-state index in [9.17, 15) is 4.79 Å². The Morgan fingerprint density at radius 2 is 2.06 bits per heavy atom. The number of nitrogens with two attached hydrogens (primary N) is 1. The van der Waals surface area contributed by atoms with Gasteiger partial charge in [-0.1, -0.05) is 30.3 Å². The number of carbonyl (C=O) groups excluding carboxylic acids is 1.